The molecule has 0 bridgehead atoms. The molecule has 21 heavy (non-hydrogen) atoms. The van der Waals surface area contributed by atoms with E-state index < -0.39 is 10.0 Å². The van der Waals surface area contributed by atoms with Crippen LogP contribution in [-0.2, 0) is 10.0 Å². The minimum Gasteiger partial charge on any atom is -0.353 e. The number of sulfonamides is 1. The molecule has 0 amide bonds. The van der Waals surface area contributed by atoms with Gasteiger partial charge in [0.25, 0.3) is 0 Å². The van der Waals surface area contributed by atoms with E-state index in [1.54, 1.807) is 13.4 Å². The Kier molecular flexibility index (Phi) is 3.54. The summed E-state index contributed by atoms with van der Waals surface area (Å²) < 4.78 is 24.9. The van der Waals surface area contributed by atoms with Gasteiger partial charge in [-0.2, -0.15) is 0 Å². The lowest BCUT2D eigenvalue weighted by molar-refractivity contribution is 0.321. The fourth-order valence-corrected chi connectivity index (χ4v) is 3.42. The number of anilines is 1. The molecule has 0 saturated carbocycles. The SMILES string of the molecule is CN(C1CCCN(c2ncnc3nc[nH]c23)C1)S(C)(=O)=O. The zero-order chi connectivity index (χ0) is 15.0. The second-order valence-corrected chi connectivity index (χ2v) is 7.36. The average molecular weight is 310 g/mol. The molecule has 8 nitrogen and oxygen atoms in total. The van der Waals surface area contributed by atoms with E-state index in [1.165, 1.54) is 16.9 Å². The second-order valence-electron chi connectivity index (χ2n) is 5.32. The smallest absolute Gasteiger partial charge is 0.211 e. The van der Waals surface area contributed by atoms with Gasteiger partial charge in [0.1, 0.15) is 11.8 Å². The molecule has 1 saturated heterocycles. The molecule has 1 fully saturated rings. The lowest BCUT2D eigenvalue weighted by Crippen LogP contribution is -2.48. The number of likely N-dealkylation sites (N-methyl/N-ethyl adjacent to an activating group) is 1. The van der Waals surface area contributed by atoms with Crippen LogP contribution < -0.4 is 4.90 Å². The Hall–Kier alpha value is -1.74. The molecule has 1 atom stereocenters. The molecule has 0 aromatic carbocycles. The fraction of sp³-hybridized carbons (Fsp3) is 0.583. The van der Waals surface area contributed by atoms with Crippen molar-refractivity contribution in [3.05, 3.63) is 12.7 Å². The molecule has 0 aliphatic carbocycles. The third-order valence-corrected chi connectivity index (χ3v) is 5.28. The average Bonchev–Trinajstić information content (AvgIpc) is 2.94. The van der Waals surface area contributed by atoms with Crippen LogP contribution in [0.15, 0.2) is 12.7 Å². The zero-order valence-electron chi connectivity index (χ0n) is 12.0. The number of fused-ring (bicyclic) bond motifs is 1. The van der Waals surface area contributed by atoms with Gasteiger partial charge in [0.15, 0.2) is 11.5 Å². The molecule has 0 spiro atoms. The summed E-state index contributed by atoms with van der Waals surface area (Å²) in [6, 6.07) is -0.0401. The first kappa shape index (κ1) is 14.2. The molecular weight excluding hydrogens is 292 g/mol. The minimum atomic E-state index is -3.19. The van der Waals surface area contributed by atoms with E-state index in [0.717, 1.165) is 30.7 Å². The summed E-state index contributed by atoms with van der Waals surface area (Å²) in [5.41, 5.74) is 1.42. The molecule has 1 aliphatic rings. The highest BCUT2D eigenvalue weighted by molar-refractivity contribution is 7.88. The molecule has 0 radical (unpaired) electrons. The van der Waals surface area contributed by atoms with Crippen molar-refractivity contribution in [1.29, 1.82) is 0 Å². The highest BCUT2D eigenvalue weighted by atomic mass is 32.2. The second kappa shape index (κ2) is 5.23. The van der Waals surface area contributed by atoms with E-state index >= 15 is 0 Å². The van der Waals surface area contributed by atoms with Crippen LogP contribution in [0.5, 0.6) is 0 Å². The van der Waals surface area contributed by atoms with Crippen molar-refractivity contribution in [1.82, 2.24) is 24.2 Å². The van der Waals surface area contributed by atoms with Crippen LogP contribution in [-0.4, -0.2) is 65.1 Å². The summed E-state index contributed by atoms with van der Waals surface area (Å²) in [6.07, 6.45) is 6.10. The van der Waals surface area contributed by atoms with Gasteiger partial charge < -0.3 is 9.88 Å². The molecule has 2 aromatic heterocycles. The van der Waals surface area contributed by atoms with Gasteiger partial charge >= 0.3 is 0 Å². The monoisotopic (exact) mass is 310 g/mol. The van der Waals surface area contributed by atoms with Crippen LogP contribution in [0.25, 0.3) is 11.2 Å². The van der Waals surface area contributed by atoms with Gasteiger partial charge in [-0.1, -0.05) is 0 Å². The molecule has 3 rings (SSSR count). The number of aromatic nitrogens is 4. The fourth-order valence-electron chi connectivity index (χ4n) is 2.71. The Balaban J connectivity index is 1.88. The third-order valence-electron chi connectivity index (χ3n) is 3.94. The van der Waals surface area contributed by atoms with Crippen LogP contribution in [0.2, 0.25) is 0 Å². The van der Waals surface area contributed by atoms with E-state index in [0.29, 0.717) is 12.2 Å². The summed E-state index contributed by atoms with van der Waals surface area (Å²) in [7, 11) is -1.55. The molecule has 9 heteroatoms. The summed E-state index contributed by atoms with van der Waals surface area (Å²) >= 11 is 0. The van der Waals surface area contributed by atoms with E-state index in [-0.39, 0.29) is 6.04 Å². The lowest BCUT2D eigenvalue weighted by atomic mass is 10.1. The van der Waals surface area contributed by atoms with E-state index in [9.17, 15) is 8.42 Å². The maximum absolute atomic E-state index is 11.7. The third kappa shape index (κ3) is 2.70. The molecule has 2 aromatic rings. The summed E-state index contributed by atoms with van der Waals surface area (Å²) in [5.74, 6) is 0.782. The number of rotatable bonds is 3. The molecule has 1 aliphatic heterocycles. The Morgan fingerprint density at radius 3 is 2.95 bits per heavy atom. The normalized spacial score (nSPS) is 20.3. The summed E-state index contributed by atoms with van der Waals surface area (Å²) in [4.78, 5) is 17.7. The Morgan fingerprint density at radius 1 is 1.38 bits per heavy atom. The minimum absolute atomic E-state index is 0.0401. The van der Waals surface area contributed by atoms with Crippen molar-refractivity contribution in [3.8, 4) is 0 Å². The largest absolute Gasteiger partial charge is 0.353 e. The number of hydrogen-bond acceptors (Lipinski definition) is 6. The number of hydrogen-bond donors (Lipinski definition) is 1. The number of nitrogens with one attached hydrogen (secondary N) is 1. The van der Waals surface area contributed by atoms with Crippen molar-refractivity contribution in [3.63, 3.8) is 0 Å². The summed E-state index contributed by atoms with van der Waals surface area (Å²) in [5, 5.41) is 0. The van der Waals surface area contributed by atoms with Gasteiger partial charge in [0.2, 0.25) is 10.0 Å². The maximum atomic E-state index is 11.7. The van der Waals surface area contributed by atoms with E-state index in [1.807, 2.05) is 0 Å². The Labute approximate surface area is 123 Å². The maximum Gasteiger partial charge on any atom is 0.211 e. The van der Waals surface area contributed by atoms with Crippen LogP contribution in [0, 0.1) is 0 Å². The van der Waals surface area contributed by atoms with Gasteiger partial charge in [0, 0.05) is 26.2 Å². The van der Waals surface area contributed by atoms with E-state index in [4.69, 9.17) is 0 Å². The Morgan fingerprint density at radius 2 is 2.19 bits per heavy atom. The molecule has 3 heterocycles. The van der Waals surface area contributed by atoms with Crippen molar-refractivity contribution in [2.75, 3.05) is 31.3 Å². The number of nitrogens with zero attached hydrogens (tertiary/aromatic N) is 5. The Bertz CT molecular complexity index is 743. The van der Waals surface area contributed by atoms with Crippen LogP contribution in [0.4, 0.5) is 5.82 Å². The van der Waals surface area contributed by atoms with Crippen LogP contribution >= 0.6 is 0 Å². The zero-order valence-corrected chi connectivity index (χ0v) is 12.8. The topological polar surface area (TPSA) is 95.1 Å². The number of piperidine rings is 1. The lowest BCUT2D eigenvalue weighted by Gasteiger charge is -2.37. The molecular formula is C12H18N6O2S. The molecule has 114 valence electrons. The first-order valence-corrected chi connectivity index (χ1v) is 8.63. The number of H-pyrrole nitrogens is 1. The highest BCUT2D eigenvalue weighted by Crippen LogP contribution is 2.25. The molecule has 1 unspecified atom stereocenters. The first-order chi connectivity index (χ1) is 9.97. The van der Waals surface area contributed by atoms with Crippen molar-refractivity contribution in [2.24, 2.45) is 0 Å². The predicted octanol–water partition coefficient (Wildman–Crippen LogP) is 0.213. The quantitative estimate of drug-likeness (QED) is 0.871. The van der Waals surface area contributed by atoms with Gasteiger partial charge in [-0.3, -0.25) is 0 Å². The van der Waals surface area contributed by atoms with Gasteiger partial charge in [-0.25, -0.2) is 27.7 Å². The standard InChI is InChI=1S/C12H18N6O2S/c1-17(21(2,19)20)9-4-3-5-18(6-9)12-10-11(14-7-13-10)15-8-16-12/h7-9H,3-6H2,1-2H3,(H,13,14,15,16). The van der Waals surface area contributed by atoms with Crippen LogP contribution in [0.3, 0.4) is 0 Å². The highest BCUT2D eigenvalue weighted by Gasteiger charge is 2.29. The van der Waals surface area contributed by atoms with Gasteiger partial charge in [-0.05, 0) is 12.8 Å². The van der Waals surface area contributed by atoms with Crippen LogP contribution in [0.1, 0.15) is 12.8 Å². The number of imidazole rings is 1. The van der Waals surface area contributed by atoms with E-state index in [2.05, 4.69) is 24.8 Å². The first-order valence-electron chi connectivity index (χ1n) is 6.79. The van der Waals surface area contributed by atoms with Crippen molar-refractivity contribution < 1.29 is 8.42 Å². The van der Waals surface area contributed by atoms with Gasteiger partial charge in [-0.15, -0.1) is 0 Å². The van der Waals surface area contributed by atoms with Crippen molar-refractivity contribution in [2.45, 2.75) is 18.9 Å². The number of aromatic amines is 1. The van der Waals surface area contributed by atoms with Gasteiger partial charge in [0.05, 0.1) is 12.6 Å². The van der Waals surface area contributed by atoms with Crippen molar-refractivity contribution >= 4 is 27.0 Å². The molecule has 1 N–H and O–H groups in total. The predicted molar refractivity (Wildman–Crippen MR) is 79.5 cm³/mol. The summed E-state index contributed by atoms with van der Waals surface area (Å²) in [6.45, 7) is 1.47.